The molecule has 0 saturated carbocycles. The van der Waals surface area contributed by atoms with E-state index in [1.165, 1.54) is 11.3 Å². The normalized spacial score (nSPS) is 17.1. The van der Waals surface area contributed by atoms with E-state index in [1.54, 1.807) is 6.07 Å². The number of thiophene rings is 1. The van der Waals surface area contributed by atoms with Crippen molar-refractivity contribution in [3.63, 3.8) is 0 Å². The first-order chi connectivity index (χ1) is 6.77. The van der Waals surface area contributed by atoms with E-state index >= 15 is 0 Å². The summed E-state index contributed by atoms with van der Waals surface area (Å²) in [4.78, 5) is 12.7. The third-order valence-corrected chi connectivity index (χ3v) is 3.77. The SMILES string of the molecule is Cl.O=C(c1ccc(Cl)s1)C1CCNCC1. The maximum Gasteiger partial charge on any atom is 0.175 e. The molecular weight excluding hydrogens is 253 g/mol. The zero-order valence-corrected chi connectivity index (χ0v) is 10.6. The highest BCUT2D eigenvalue weighted by Crippen LogP contribution is 2.26. The quantitative estimate of drug-likeness (QED) is 0.834. The molecule has 84 valence electrons. The number of hydrogen-bond donors (Lipinski definition) is 1. The first-order valence-electron chi connectivity index (χ1n) is 4.77. The third kappa shape index (κ3) is 3.18. The van der Waals surface area contributed by atoms with Crippen LogP contribution in [-0.4, -0.2) is 18.9 Å². The molecule has 0 amide bonds. The van der Waals surface area contributed by atoms with Gasteiger partial charge in [-0.15, -0.1) is 23.7 Å². The van der Waals surface area contributed by atoms with Crippen LogP contribution in [0.5, 0.6) is 0 Å². The van der Waals surface area contributed by atoms with Crippen molar-refractivity contribution < 1.29 is 4.79 Å². The molecule has 15 heavy (non-hydrogen) atoms. The summed E-state index contributed by atoms with van der Waals surface area (Å²) >= 11 is 7.18. The number of carbonyl (C=O) groups is 1. The smallest absolute Gasteiger partial charge is 0.175 e. The average molecular weight is 266 g/mol. The second-order valence-electron chi connectivity index (χ2n) is 3.49. The minimum atomic E-state index is 0. The fourth-order valence-electron chi connectivity index (χ4n) is 1.73. The van der Waals surface area contributed by atoms with Crippen LogP contribution >= 0.6 is 35.3 Å². The van der Waals surface area contributed by atoms with Crippen LogP contribution in [0.15, 0.2) is 12.1 Å². The molecule has 0 radical (unpaired) electrons. The van der Waals surface area contributed by atoms with E-state index in [2.05, 4.69) is 5.32 Å². The van der Waals surface area contributed by atoms with Crippen LogP contribution in [0.25, 0.3) is 0 Å². The number of ketones is 1. The maximum atomic E-state index is 11.9. The molecule has 0 unspecified atom stereocenters. The molecule has 0 bridgehead atoms. The molecule has 1 N–H and O–H groups in total. The molecule has 0 aromatic carbocycles. The van der Waals surface area contributed by atoms with Gasteiger partial charge in [0.25, 0.3) is 0 Å². The summed E-state index contributed by atoms with van der Waals surface area (Å²) in [6, 6.07) is 3.62. The lowest BCUT2D eigenvalue weighted by Crippen LogP contribution is -2.31. The molecule has 0 aliphatic carbocycles. The van der Waals surface area contributed by atoms with E-state index in [0.29, 0.717) is 4.34 Å². The number of nitrogens with one attached hydrogen (secondary N) is 1. The number of piperidine rings is 1. The Morgan fingerprint density at radius 3 is 2.60 bits per heavy atom. The van der Waals surface area contributed by atoms with Crippen LogP contribution in [0, 0.1) is 5.92 Å². The molecule has 1 aliphatic rings. The molecule has 2 heterocycles. The molecule has 1 aromatic heterocycles. The Balaban J connectivity index is 0.00000112. The molecule has 0 spiro atoms. The van der Waals surface area contributed by atoms with Crippen LogP contribution in [0.1, 0.15) is 22.5 Å². The largest absolute Gasteiger partial charge is 0.317 e. The van der Waals surface area contributed by atoms with Gasteiger partial charge in [0.15, 0.2) is 5.78 Å². The molecule has 1 aromatic rings. The molecule has 1 saturated heterocycles. The van der Waals surface area contributed by atoms with Crippen LogP contribution in [0.3, 0.4) is 0 Å². The van der Waals surface area contributed by atoms with Gasteiger partial charge in [-0.1, -0.05) is 11.6 Å². The fourth-order valence-corrected chi connectivity index (χ4v) is 2.79. The second kappa shape index (κ2) is 5.85. The summed E-state index contributed by atoms with van der Waals surface area (Å²) in [5.41, 5.74) is 0. The van der Waals surface area contributed by atoms with Gasteiger partial charge in [0.2, 0.25) is 0 Å². The van der Waals surface area contributed by atoms with Gasteiger partial charge in [-0.05, 0) is 38.1 Å². The van der Waals surface area contributed by atoms with E-state index in [0.717, 1.165) is 30.8 Å². The predicted octanol–water partition coefficient (Wildman–Crippen LogP) is 3.01. The molecule has 1 aliphatic heterocycles. The van der Waals surface area contributed by atoms with Crippen molar-refractivity contribution >= 4 is 41.1 Å². The molecule has 2 nitrogen and oxygen atoms in total. The lowest BCUT2D eigenvalue weighted by atomic mass is 9.93. The third-order valence-electron chi connectivity index (χ3n) is 2.53. The zero-order chi connectivity index (χ0) is 9.97. The summed E-state index contributed by atoms with van der Waals surface area (Å²) in [6.07, 6.45) is 1.91. The van der Waals surface area contributed by atoms with E-state index in [9.17, 15) is 4.79 Å². The summed E-state index contributed by atoms with van der Waals surface area (Å²) in [5, 5.41) is 3.25. The topological polar surface area (TPSA) is 29.1 Å². The van der Waals surface area contributed by atoms with Crippen molar-refractivity contribution in [3.8, 4) is 0 Å². The number of Topliss-reactive ketones (excluding diaryl/α,β-unsaturated/α-hetero) is 1. The lowest BCUT2D eigenvalue weighted by Gasteiger charge is -2.20. The Morgan fingerprint density at radius 1 is 1.40 bits per heavy atom. The summed E-state index contributed by atoms with van der Waals surface area (Å²) < 4.78 is 0.697. The number of carbonyl (C=O) groups excluding carboxylic acids is 1. The maximum absolute atomic E-state index is 11.9. The standard InChI is InChI=1S/C10H12ClNOS.ClH/c11-9-2-1-8(14-9)10(13)7-3-5-12-6-4-7;/h1-2,7,12H,3-6H2;1H. The minimum Gasteiger partial charge on any atom is -0.317 e. The number of halogens is 2. The van der Waals surface area contributed by atoms with E-state index < -0.39 is 0 Å². The van der Waals surface area contributed by atoms with Crippen LogP contribution in [-0.2, 0) is 0 Å². The molecule has 1 fully saturated rings. The molecule has 2 rings (SSSR count). The minimum absolute atomic E-state index is 0. The Hall–Kier alpha value is -0.0900. The number of rotatable bonds is 2. The van der Waals surface area contributed by atoms with E-state index in [4.69, 9.17) is 11.6 Å². The van der Waals surface area contributed by atoms with Crippen molar-refractivity contribution in [1.29, 1.82) is 0 Å². The Bertz CT molecular complexity index is 334. The molecule has 5 heteroatoms. The van der Waals surface area contributed by atoms with Crippen LogP contribution in [0.2, 0.25) is 4.34 Å². The highest BCUT2D eigenvalue weighted by atomic mass is 35.5. The zero-order valence-electron chi connectivity index (χ0n) is 8.16. The second-order valence-corrected chi connectivity index (χ2v) is 5.21. The average Bonchev–Trinajstić information content (AvgIpc) is 2.65. The van der Waals surface area contributed by atoms with E-state index in [-0.39, 0.29) is 24.1 Å². The monoisotopic (exact) mass is 265 g/mol. The van der Waals surface area contributed by atoms with Gasteiger partial charge < -0.3 is 5.32 Å². The van der Waals surface area contributed by atoms with Gasteiger partial charge >= 0.3 is 0 Å². The summed E-state index contributed by atoms with van der Waals surface area (Å²) in [7, 11) is 0. The van der Waals surface area contributed by atoms with Gasteiger partial charge in [-0.25, -0.2) is 0 Å². The van der Waals surface area contributed by atoms with E-state index in [1.807, 2.05) is 6.07 Å². The van der Waals surface area contributed by atoms with Crippen molar-refractivity contribution in [1.82, 2.24) is 5.32 Å². The Morgan fingerprint density at radius 2 is 2.07 bits per heavy atom. The van der Waals surface area contributed by atoms with Crippen molar-refractivity contribution in [2.24, 2.45) is 5.92 Å². The fraction of sp³-hybridized carbons (Fsp3) is 0.500. The van der Waals surface area contributed by atoms with Gasteiger partial charge in [0.1, 0.15) is 0 Å². The Labute approximate surface area is 104 Å². The van der Waals surface area contributed by atoms with Gasteiger partial charge in [-0.2, -0.15) is 0 Å². The van der Waals surface area contributed by atoms with Crippen molar-refractivity contribution in [2.45, 2.75) is 12.8 Å². The first-order valence-corrected chi connectivity index (χ1v) is 5.97. The number of hydrogen-bond acceptors (Lipinski definition) is 3. The van der Waals surface area contributed by atoms with Crippen molar-refractivity contribution in [2.75, 3.05) is 13.1 Å². The lowest BCUT2D eigenvalue weighted by molar-refractivity contribution is 0.0899. The highest BCUT2D eigenvalue weighted by Gasteiger charge is 2.23. The van der Waals surface area contributed by atoms with Crippen molar-refractivity contribution in [3.05, 3.63) is 21.3 Å². The first kappa shape index (κ1) is 13.0. The highest BCUT2D eigenvalue weighted by molar-refractivity contribution is 7.18. The predicted molar refractivity (Wildman–Crippen MR) is 66.5 cm³/mol. The van der Waals surface area contributed by atoms with Crippen LogP contribution < -0.4 is 5.32 Å². The molecule has 0 atom stereocenters. The summed E-state index contributed by atoms with van der Waals surface area (Å²) in [6.45, 7) is 1.91. The van der Waals surface area contributed by atoms with Crippen LogP contribution in [0.4, 0.5) is 0 Å². The Kier molecular flexibility index (Phi) is 5.06. The van der Waals surface area contributed by atoms with Gasteiger partial charge in [-0.3, -0.25) is 4.79 Å². The summed E-state index contributed by atoms with van der Waals surface area (Å²) in [5.74, 6) is 0.467. The molecular formula is C10H13Cl2NOS. The van der Waals surface area contributed by atoms with Gasteiger partial charge in [0, 0.05) is 5.92 Å². The van der Waals surface area contributed by atoms with Gasteiger partial charge in [0.05, 0.1) is 9.21 Å².